The third kappa shape index (κ3) is 1.70. The Morgan fingerprint density at radius 1 is 1.60 bits per heavy atom. The molecule has 60 valence electrons. The molecular weight excluding hydrogens is 128 g/mol. The summed E-state index contributed by atoms with van der Waals surface area (Å²) in [7, 11) is 1.69. The lowest BCUT2D eigenvalue weighted by molar-refractivity contribution is -0.0722. The van der Waals surface area contributed by atoms with Crippen molar-refractivity contribution in [3.63, 3.8) is 0 Å². The molecule has 2 heteroatoms. The fraction of sp³-hybridized carbons (Fsp3) is 1.00. The van der Waals surface area contributed by atoms with Crippen LogP contribution in [0.25, 0.3) is 0 Å². The van der Waals surface area contributed by atoms with Crippen LogP contribution in [0.4, 0.5) is 0 Å². The Labute approximate surface area is 62.2 Å². The topological polar surface area (TPSA) is 29.5 Å². The third-order valence-corrected chi connectivity index (χ3v) is 2.35. The Kier molecular flexibility index (Phi) is 2.32. The largest absolute Gasteiger partial charge is 0.390 e. The van der Waals surface area contributed by atoms with Crippen LogP contribution in [0.1, 0.15) is 32.6 Å². The summed E-state index contributed by atoms with van der Waals surface area (Å²) in [5, 5.41) is 9.63. The second-order valence-corrected chi connectivity index (χ2v) is 3.33. The lowest BCUT2D eigenvalue weighted by atomic mass is 9.77. The third-order valence-electron chi connectivity index (χ3n) is 2.35. The highest BCUT2D eigenvalue weighted by Crippen LogP contribution is 2.35. The van der Waals surface area contributed by atoms with Gasteiger partial charge in [-0.25, -0.2) is 0 Å². The van der Waals surface area contributed by atoms with Crippen LogP contribution in [0.15, 0.2) is 0 Å². The van der Waals surface area contributed by atoms with Crippen LogP contribution in [0.5, 0.6) is 0 Å². The fourth-order valence-corrected chi connectivity index (χ4v) is 1.41. The van der Waals surface area contributed by atoms with Gasteiger partial charge in [0.15, 0.2) is 0 Å². The highest BCUT2D eigenvalue weighted by molar-refractivity contribution is 4.88. The molecule has 1 aliphatic carbocycles. The van der Waals surface area contributed by atoms with E-state index in [0.717, 1.165) is 19.3 Å². The molecule has 10 heavy (non-hydrogen) atoms. The van der Waals surface area contributed by atoms with E-state index in [1.807, 2.05) is 6.92 Å². The molecule has 1 atom stereocenters. The highest BCUT2D eigenvalue weighted by Gasteiger charge is 2.35. The van der Waals surface area contributed by atoms with E-state index in [1.165, 1.54) is 6.42 Å². The highest BCUT2D eigenvalue weighted by atomic mass is 16.5. The van der Waals surface area contributed by atoms with E-state index in [2.05, 4.69) is 0 Å². The second kappa shape index (κ2) is 2.89. The van der Waals surface area contributed by atoms with Gasteiger partial charge >= 0.3 is 0 Å². The van der Waals surface area contributed by atoms with E-state index in [4.69, 9.17) is 4.74 Å². The van der Waals surface area contributed by atoms with E-state index >= 15 is 0 Å². The van der Waals surface area contributed by atoms with Gasteiger partial charge in [0.2, 0.25) is 0 Å². The molecule has 0 radical (unpaired) electrons. The number of hydrogen-bond donors (Lipinski definition) is 1. The Bertz CT molecular complexity index is 108. The molecule has 0 heterocycles. The first-order valence-corrected chi connectivity index (χ1v) is 3.91. The molecule has 0 aromatic rings. The van der Waals surface area contributed by atoms with Crippen molar-refractivity contribution in [3.05, 3.63) is 0 Å². The van der Waals surface area contributed by atoms with Crippen molar-refractivity contribution in [3.8, 4) is 0 Å². The minimum Gasteiger partial charge on any atom is -0.390 e. The summed E-state index contributed by atoms with van der Waals surface area (Å²) in [6.45, 7) is 2.00. The first-order chi connectivity index (χ1) is 4.66. The zero-order chi connectivity index (χ0) is 7.61. The molecule has 2 nitrogen and oxygen atoms in total. The van der Waals surface area contributed by atoms with Crippen molar-refractivity contribution >= 4 is 0 Å². The maximum atomic E-state index is 9.63. The normalized spacial score (nSPS) is 25.5. The summed E-state index contributed by atoms with van der Waals surface area (Å²) in [6.07, 6.45) is 4.09. The summed E-state index contributed by atoms with van der Waals surface area (Å²) < 4.78 is 5.06. The molecular formula is C8H16O2. The zero-order valence-electron chi connectivity index (χ0n) is 6.76. The van der Waals surface area contributed by atoms with E-state index < -0.39 is 0 Å². The molecule has 0 aromatic carbocycles. The van der Waals surface area contributed by atoms with Gasteiger partial charge in [0.05, 0.1) is 11.7 Å². The number of methoxy groups -OCH3 is 1. The molecule has 1 aliphatic rings. The first-order valence-electron chi connectivity index (χ1n) is 3.91. The van der Waals surface area contributed by atoms with Crippen molar-refractivity contribution < 1.29 is 9.84 Å². The van der Waals surface area contributed by atoms with E-state index in [9.17, 15) is 5.11 Å². The number of rotatable bonds is 3. The van der Waals surface area contributed by atoms with Crippen LogP contribution in [0.2, 0.25) is 0 Å². The van der Waals surface area contributed by atoms with E-state index in [1.54, 1.807) is 7.11 Å². The molecule has 0 aliphatic heterocycles. The van der Waals surface area contributed by atoms with Crippen LogP contribution < -0.4 is 0 Å². The SMILES string of the molecule is COC(C)CC1(O)CCC1. The van der Waals surface area contributed by atoms with Crippen molar-refractivity contribution in [1.29, 1.82) is 0 Å². The van der Waals surface area contributed by atoms with Crippen LogP contribution in [-0.4, -0.2) is 23.9 Å². The summed E-state index contributed by atoms with van der Waals surface area (Å²) >= 11 is 0. The average Bonchev–Trinajstić information content (AvgIpc) is 1.84. The summed E-state index contributed by atoms with van der Waals surface area (Å²) in [6, 6.07) is 0. The average molecular weight is 144 g/mol. The van der Waals surface area contributed by atoms with Gasteiger partial charge < -0.3 is 9.84 Å². The smallest absolute Gasteiger partial charge is 0.0672 e. The predicted octanol–water partition coefficient (Wildman–Crippen LogP) is 1.33. The maximum Gasteiger partial charge on any atom is 0.0672 e. The molecule has 1 fully saturated rings. The van der Waals surface area contributed by atoms with Crippen LogP contribution in [-0.2, 0) is 4.74 Å². The van der Waals surface area contributed by atoms with Crippen molar-refractivity contribution in [2.24, 2.45) is 0 Å². The van der Waals surface area contributed by atoms with Crippen molar-refractivity contribution in [2.75, 3.05) is 7.11 Å². The molecule has 0 saturated heterocycles. The van der Waals surface area contributed by atoms with Crippen molar-refractivity contribution in [2.45, 2.75) is 44.3 Å². The van der Waals surface area contributed by atoms with Gasteiger partial charge in [-0.15, -0.1) is 0 Å². The van der Waals surface area contributed by atoms with Gasteiger partial charge in [0, 0.05) is 13.5 Å². The molecule has 1 rings (SSSR count). The van der Waals surface area contributed by atoms with Gasteiger partial charge in [-0.2, -0.15) is 0 Å². The molecule has 0 amide bonds. The molecule has 1 saturated carbocycles. The Balaban J connectivity index is 2.22. The van der Waals surface area contributed by atoms with Gasteiger partial charge in [0.1, 0.15) is 0 Å². The fourth-order valence-electron chi connectivity index (χ4n) is 1.41. The summed E-state index contributed by atoms with van der Waals surface area (Å²) in [4.78, 5) is 0. The summed E-state index contributed by atoms with van der Waals surface area (Å²) in [5.41, 5.74) is -0.380. The number of aliphatic hydroxyl groups is 1. The Morgan fingerprint density at radius 3 is 2.50 bits per heavy atom. The standard InChI is InChI=1S/C8H16O2/c1-7(10-2)6-8(9)4-3-5-8/h7,9H,3-6H2,1-2H3. The molecule has 1 N–H and O–H groups in total. The minimum absolute atomic E-state index is 0.199. The molecule has 0 spiro atoms. The van der Waals surface area contributed by atoms with Crippen LogP contribution in [0, 0.1) is 0 Å². The minimum atomic E-state index is -0.380. The maximum absolute atomic E-state index is 9.63. The number of hydrogen-bond acceptors (Lipinski definition) is 2. The predicted molar refractivity (Wildman–Crippen MR) is 39.9 cm³/mol. The lowest BCUT2D eigenvalue weighted by Gasteiger charge is -2.38. The van der Waals surface area contributed by atoms with Crippen LogP contribution >= 0.6 is 0 Å². The quantitative estimate of drug-likeness (QED) is 0.647. The molecule has 0 bridgehead atoms. The zero-order valence-corrected chi connectivity index (χ0v) is 6.76. The Morgan fingerprint density at radius 2 is 2.20 bits per heavy atom. The Hall–Kier alpha value is -0.0800. The van der Waals surface area contributed by atoms with Gasteiger partial charge in [-0.1, -0.05) is 0 Å². The van der Waals surface area contributed by atoms with Gasteiger partial charge in [-0.3, -0.25) is 0 Å². The van der Waals surface area contributed by atoms with Crippen LogP contribution in [0.3, 0.4) is 0 Å². The monoisotopic (exact) mass is 144 g/mol. The van der Waals surface area contributed by atoms with E-state index in [-0.39, 0.29) is 11.7 Å². The number of ether oxygens (including phenoxy) is 1. The van der Waals surface area contributed by atoms with E-state index in [0.29, 0.717) is 0 Å². The molecule has 0 aromatic heterocycles. The lowest BCUT2D eigenvalue weighted by Crippen LogP contribution is -2.39. The first kappa shape index (κ1) is 8.02. The van der Waals surface area contributed by atoms with Crippen molar-refractivity contribution in [1.82, 2.24) is 0 Å². The van der Waals surface area contributed by atoms with Gasteiger partial charge in [-0.05, 0) is 26.2 Å². The van der Waals surface area contributed by atoms with Gasteiger partial charge in [0.25, 0.3) is 0 Å². The molecule has 1 unspecified atom stereocenters. The summed E-state index contributed by atoms with van der Waals surface area (Å²) in [5.74, 6) is 0. The second-order valence-electron chi connectivity index (χ2n) is 3.33.